The molecule has 0 saturated carbocycles. The minimum atomic E-state index is -0.154. The lowest BCUT2D eigenvalue weighted by atomic mass is 9.74. The predicted molar refractivity (Wildman–Crippen MR) is 115 cm³/mol. The van der Waals surface area contributed by atoms with Gasteiger partial charge in [-0.1, -0.05) is 17.7 Å². The average molecular weight is 408 g/mol. The van der Waals surface area contributed by atoms with Crippen LogP contribution in [0, 0.1) is 0 Å². The normalized spacial score (nSPS) is 17.7. The van der Waals surface area contributed by atoms with Crippen LogP contribution in [-0.2, 0) is 10.2 Å². The van der Waals surface area contributed by atoms with Crippen molar-refractivity contribution >= 4 is 40.0 Å². The SMILES string of the molecule is CC(=O)N1CCC2(CC1)CN(C(=O)c1ccc3cc[nH]c3c1)c1ccc(Cl)cc12. The summed E-state index contributed by atoms with van der Waals surface area (Å²) in [6.07, 6.45) is 3.54. The van der Waals surface area contributed by atoms with Gasteiger partial charge in [-0.25, -0.2) is 0 Å². The van der Waals surface area contributed by atoms with Crippen LogP contribution in [-0.4, -0.2) is 41.3 Å². The summed E-state index contributed by atoms with van der Waals surface area (Å²) in [7, 11) is 0. The maximum absolute atomic E-state index is 13.5. The molecule has 1 aromatic heterocycles. The lowest BCUT2D eigenvalue weighted by Gasteiger charge is -2.39. The van der Waals surface area contributed by atoms with Gasteiger partial charge in [-0.15, -0.1) is 0 Å². The molecular weight excluding hydrogens is 386 g/mol. The molecule has 1 N–H and O–H groups in total. The van der Waals surface area contributed by atoms with Gasteiger partial charge in [0, 0.05) is 60.0 Å². The number of H-pyrrole nitrogens is 1. The molecule has 0 atom stereocenters. The average Bonchev–Trinajstić information content (AvgIpc) is 3.30. The molecule has 0 unspecified atom stereocenters. The Labute approximate surface area is 174 Å². The zero-order chi connectivity index (χ0) is 20.2. The van der Waals surface area contributed by atoms with E-state index in [0.29, 0.717) is 30.2 Å². The minimum absolute atomic E-state index is 0.00375. The molecule has 148 valence electrons. The molecule has 5 nitrogen and oxygen atoms in total. The maximum Gasteiger partial charge on any atom is 0.258 e. The molecule has 2 aliphatic rings. The highest BCUT2D eigenvalue weighted by Crippen LogP contribution is 2.48. The van der Waals surface area contributed by atoms with Crippen LogP contribution in [0.4, 0.5) is 5.69 Å². The number of amides is 2. The summed E-state index contributed by atoms with van der Waals surface area (Å²) >= 11 is 6.33. The highest BCUT2D eigenvalue weighted by atomic mass is 35.5. The van der Waals surface area contributed by atoms with Crippen molar-refractivity contribution in [1.29, 1.82) is 0 Å². The van der Waals surface area contributed by atoms with Crippen LogP contribution in [0.25, 0.3) is 10.9 Å². The molecular formula is C23H22ClN3O2. The van der Waals surface area contributed by atoms with Crippen molar-refractivity contribution in [2.75, 3.05) is 24.5 Å². The maximum atomic E-state index is 13.5. The number of likely N-dealkylation sites (tertiary alicyclic amines) is 1. The third-order valence-electron chi connectivity index (χ3n) is 6.49. The number of fused-ring (bicyclic) bond motifs is 3. The third kappa shape index (κ3) is 2.92. The first-order valence-corrected chi connectivity index (χ1v) is 10.3. The molecule has 3 heterocycles. The minimum Gasteiger partial charge on any atom is -0.361 e. The first-order valence-electron chi connectivity index (χ1n) is 9.91. The Morgan fingerprint density at radius 2 is 1.86 bits per heavy atom. The number of hydrogen-bond donors (Lipinski definition) is 1. The molecule has 29 heavy (non-hydrogen) atoms. The van der Waals surface area contributed by atoms with E-state index < -0.39 is 0 Å². The topological polar surface area (TPSA) is 56.4 Å². The van der Waals surface area contributed by atoms with E-state index in [4.69, 9.17) is 11.6 Å². The summed E-state index contributed by atoms with van der Waals surface area (Å²) in [5.41, 5.74) is 3.53. The summed E-state index contributed by atoms with van der Waals surface area (Å²) in [5.74, 6) is 0.104. The molecule has 0 aliphatic carbocycles. The van der Waals surface area contributed by atoms with Crippen LogP contribution in [0.5, 0.6) is 0 Å². The zero-order valence-electron chi connectivity index (χ0n) is 16.2. The number of carbonyl (C=O) groups excluding carboxylic acids is 2. The number of carbonyl (C=O) groups is 2. The summed E-state index contributed by atoms with van der Waals surface area (Å²) in [5, 5.41) is 1.77. The van der Waals surface area contributed by atoms with Gasteiger partial charge in [-0.2, -0.15) is 0 Å². The molecule has 6 heteroatoms. The zero-order valence-corrected chi connectivity index (χ0v) is 17.0. The van der Waals surface area contributed by atoms with Crippen LogP contribution in [0.15, 0.2) is 48.7 Å². The van der Waals surface area contributed by atoms with Crippen LogP contribution in [0.3, 0.4) is 0 Å². The van der Waals surface area contributed by atoms with Crippen molar-refractivity contribution in [3.05, 3.63) is 64.8 Å². The first-order chi connectivity index (χ1) is 14.0. The molecule has 5 rings (SSSR count). The van der Waals surface area contributed by atoms with Crippen LogP contribution < -0.4 is 4.90 Å². The Hall–Kier alpha value is -2.79. The van der Waals surface area contributed by atoms with E-state index in [0.717, 1.165) is 35.0 Å². The quantitative estimate of drug-likeness (QED) is 0.651. The second kappa shape index (κ2) is 6.63. The van der Waals surface area contributed by atoms with Gasteiger partial charge in [-0.05, 0) is 60.2 Å². The number of nitrogens with zero attached hydrogens (tertiary/aromatic N) is 2. The lowest BCUT2D eigenvalue weighted by Crippen LogP contribution is -2.47. The van der Waals surface area contributed by atoms with Crippen LogP contribution in [0.1, 0.15) is 35.7 Å². The summed E-state index contributed by atoms with van der Waals surface area (Å²) < 4.78 is 0. The molecule has 3 aromatic rings. The van der Waals surface area contributed by atoms with Gasteiger partial charge >= 0.3 is 0 Å². The largest absolute Gasteiger partial charge is 0.361 e. The number of halogens is 1. The number of nitrogens with one attached hydrogen (secondary N) is 1. The summed E-state index contributed by atoms with van der Waals surface area (Å²) in [6.45, 7) is 3.65. The molecule has 1 spiro atoms. The number of anilines is 1. The smallest absolute Gasteiger partial charge is 0.258 e. The number of piperidine rings is 1. The van der Waals surface area contributed by atoms with Crippen LogP contribution in [0.2, 0.25) is 5.02 Å². The van der Waals surface area contributed by atoms with Gasteiger partial charge in [-0.3, -0.25) is 9.59 Å². The second-order valence-electron chi connectivity index (χ2n) is 8.12. The molecule has 1 fully saturated rings. The second-order valence-corrected chi connectivity index (χ2v) is 8.56. The fourth-order valence-corrected chi connectivity index (χ4v) is 5.01. The van der Waals surface area contributed by atoms with Gasteiger partial charge in [0.05, 0.1) is 0 Å². The Bertz CT molecular complexity index is 1130. The number of rotatable bonds is 1. The van der Waals surface area contributed by atoms with Crippen molar-refractivity contribution in [2.24, 2.45) is 0 Å². The van der Waals surface area contributed by atoms with Gasteiger partial charge in [0.1, 0.15) is 0 Å². The van der Waals surface area contributed by atoms with E-state index in [1.165, 1.54) is 0 Å². The number of benzene rings is 2. The molecule has 2 amide bonds. The van der Waals surface area contributed by atoms with Crippen molar-refractivity contribution < 1.29 is 9.59 Å². The van der Waals surface area contributed by atoms with Gasteiger partial charge in [0.2, 0.25) is 5.91 Å². The van der Waals surface area contributed by atoms with E-state index >= 15 is 0 Å². The molecule has 1 saturated heterocycles. The fourth-order valence-electron chi connectivity index (χ4n) is 4.84. The van der Waals surface area contributed by atoms with E-state index in [2.05, 4.69) is 4.98 Å². The first kappa shape index (κ1) is 18.3. The van der Waals surface area contributed by atoms with Crippen molar-refractivity contribution in [2.45, 2.75) is 25.2 Å². The number of aromatic amines is 1. The lowest BCUT2D eigenvalue weighted by molar-refractivity contribution is -0.130. The van der Waals surface area contributed by atoms with Gasteiger partial charge in [0.15, 0.2) is 0 Å². The standard InChI is InChI=1S/C23H22ClN3O2/c1-15(28)26-10-7-23(8-11-26)14-27(21-5-4-18(24)13-19(21)23)22(29)17-3-2-16-6-9-25-20(16)12-17/h2-6,9,12-13,25H,7-8,10-11,14H2,1H3. The summed E-state index contributed by atoms with van der Waals surface area (Å²) in [4.78, 5) is 32.2. The molecule has 0 radical (unpaired) electrons. The van der Waals surface area contributed by atoms with E-state index in [-0.39, 0.29) is 17.2 Å². The Morgan fingerprint density at radius 1 is 1.07 bits per heavy atom. The number of hydrogen-bond acceptors (Lipinski definition) is 2. The van der Waals surface area contributed by atoms with E-state index in [1.54, 1.807) is 6.92 Å². The van der Waals surface area contributed by atoms with Crippen molar-refractivity contribution in [1.82, 2.24) is 9.88 Å². The van der Waals surface area contributed by atoms with Gasteiger partial charge in [0.25, 0.3) is 5.91 Å². The predicted octanol–water partition coefficient (Wildman–Crippen LogP) is 4.36. The van der Waals surface area contributed by atoms with E-state index in [1.807, 2.05) is 58.5 Å². The molecule has 2 aromatic carbocycles. The van der Waals surface area contributed by atoms with Crippen molar-refractivity contribution in [3.8, 4) is 0 Å². The molecule has 0 bridgehead atoms. The van der Waals surface area contributed by atoms with Crippen molar-refractivity contribution in [3.63, 3.8) is 0 Å². The Morgan fingerprint density at radius 3 is 2.62 bits per heavy atom. The number of aromatic nitrogens is 1. The van der Waals surface area contributed by atoms with Gasteiger partial charge < -0.3 is 14.8 Å². The third-order valence-corrected chi connectivity index (χ3v) is 6.73. The Kier molecular flexibility index (Phi) is 4.17. The van der Waals surface area contributed by atoms with E-state index in [9.17, 15) is 9.59 Å². The highest BCUT2D eigenvalue weighted by Gasteiger charge is 2.46. The monoisotopic (exact) mass is 407 g/mol. The fraction of sp³-hybridized carbons (Fsp3) is 0.304. The highest BCUT2D eigenvalue weighted by molar-refractivity contribution is 6.30. The Balaban J connectivity index is 1.52. The van der Waals surface area contributed by atoms with Crippen LogP contribution >= 0.6 is 11.6 Å². The summed E-state index contributed by atoms with van der Waals surface area (Å²) in [6, 6.07) is 13.6. The molecule has 2 aliphatic heterocycles.